The Morgan fingerprint density at radius 3 is 2.87 bits per heavy atom. The van der Waals surface area contributed by atoms with E-state index < -0.39 is 0 Å². The van der Waals surface area contributed by atoms with Crippen LogP contribution in [-0.2, 0) is 4.74 Å². The van der Waals surface area contributed by atoms with E-state index in [0.29, 0.717) is 24.0 Å². The molecule has 1 heterocycles. The molecule has 2 rings (SSSR count). The number of methoxy groups -OCH3 is 1. The molecule has 1 aromatic rings. The average molecular weight is 365 g/mol. The molecule has 1 fully saturated rings. The van der Waals surface area contributed by atoms with Crippen molar-refractivity contribution < 1.29 is 14.3 Å². The highest BCUT2D eigenvalue weighted by Gasteiger charge is 2.15. The fourth-order valence-corrected chi connectivity index (χ4v) is 2.60. The van der Waals surface area contributed by atoms with E-state index in [1.807, 2.05) is 6.07 Å². The van der Waals surface area contributed by atoms with Gasteiger partial charge in [-0.15, -0.1) is 24.8 Å². The van der Waals surface area contributed by atoms with Crippen molar-refractivity contribution in [1.29, 1.82) is 0 Å². The number of rotatable bonds is 6. The third-order valence-electron chi connectivity index (χ3n) is 3.68. The number of likely N-dealkylation sites (tertiary alicyclic amines) is 1. The minimum absolute atomic E-state index is 0. The van der Waals surface area contributed by atoms with Gasteiger partial charge in [0, 0.05) is 19.1 Å². The second-order valence-electron chi connectivity index (χ2n) is 5.42. The quantitative estimate of drug-likeness (QED) is 0.620. The molecular weight excluding hydrogens is 339 g/mol. The topological polar surface area (TPSA) is 64.8 Å². The Bertz CT molecular complexity index is 474. The Balaban J connectivity index is 0.00000242. The standard InChI is InChI=1S/C16H24N2O3.2ClH/c1-20-16(19)13-5-2-7-15(11-13)21-10-4-9-18-8-3-6-14(17)12-18;;/h2,5,7,11,14H,3-4,6,8-10,12,17H2,1H3;2*1H/t14-;;/m1../s1. The maximum Gasteiger partial charge on any atom is 0.337 e. The summed E-state index contributed by atoms with van der Waals surface area (Å²) in [6.07, 6.45) is 3.27. The molecule has 1 aliphatic heterocycles. The number of nitrogens with two attached hydrogens (primary N) is 1. The second-order valence-corrected chi connectivity index (χ2v) is 5.42. The van der Waals surface area contributed by atoms with Gasteiger partial charge in [0.15, 0.2) is 0 Å². The number of ether oxygens (including phenoxy) is 2. The van der Waals surface area contributed by atoms with Crippen LogP contribution in [0.4, 0.5) is 0 Å². The van der Waals surface area contributed by atoms with Gasteiger partial charge in [-0.3, -0.25) is 0 Å². The summed E-state index contributed by atoms with van der Waals surface area (Å²) in [5.74, 6) is 0.357. The minimum Gasteiger partial charge on any atom is -0.494 e. The molecule has 1 saturated heterocycles. The van der Waals surface area contributed by atoms with Crippen molar-refractivity contribution in [2.24, 2.45) is 5.73 Å². The van der Waals surface area contributed by atoms with Crippen molar-refractivity contribution >= 4 is 30.8 Å². The van der Waals surface area contributed by atoms with Crippen LogP contribution in [0.3, 0.4) is 0 Å². The number of hydrogen-bond donors (Lipinski definition) is 1. The first kappa shape index (κ1) is 22.0. The van der Waals surface area contributed by atoms with Gasteiger partial charge in [-0.1, -0.05) is 6.07 Å². The maximum absolute atomic E-state index is 11.4. The second kappa shape index (κ2) is 11.5. The molecule has 0 aliphatic carbocycles. The van der Waals surface area contributed by atoms with Crippen LogP contribution in [0.15, 0.2) is 24.3 Å². The highest BCUT2D eigenvalue weighted by molar-refractivity contribution is 5.89. The van der Waals surface area contributed by atoms with E-state index in [1.165, 1.54) is 13.5 Å². The normalized spacial score (nSPS) is 17.6. The summed E-state index contributed by atoms with van der Waals surface area (Å²) in [4.78, 5) is 13.8. The molecule has 0 unspecified atom stereocenters. The highest BCUT2D eigenvalue weighted by atomic mass is 35.5. The molecular formula is C16H26Cl2N2O3. The van der Waals surface area contributed by atoms with Crippen LogP contribution in [0.1, 0.15) is 29.6 Å². The highest BCUT2D eigenvalue weighted by Crippen LogP contribution is 2.14. The number of carbonyl (C=O) groups excluding carboxylic acids is 1. The molecule has 132 valence electrons. The Labute approximate surface area is 150 Å². The van der Waals surface area contributed by atoms with Crippen molar-refractivity contribution in [3.05, 3.63) is 29.8 Å². The van der Waals surface area contributed by atoms with Gasteiger partial charge in [0.05, 0.1) is 19.3 Å². The predicted octanol–water partition coefficient (Wildman–Crippen LogP) is 2.51. The lowest BCUT2D eigenvalue weighted by atomic mass is 10.1. The summed E-state index contributed by atoms with van der Waals surface area (Å²) < 4.78 is 10.4. The van der Waals surface area contributed by atoms with Crippen molar-refractivity contribution in [3.8, 4) is 5.75 Å². The molecule has 0 bridgehead atoms. The third kappa shape index (κ3) is 7.40. The molecule has 0 spiro atoms. The van der Waals surface area contributed by atoms with E-state index in [4.69, 9.17) is 15.2 Å². The number of hydrogen-bond acceptors (Lipinski definition) is 5. The van der Waals surface area contributed by atoms with Gasteiger partial charge >= 0.3 is 5.97 Å². The van der Waals surface area contributed by atoms with E-state index in [0.717, 1.165) is 32.5 Å². The predicted molar refractivity (Wildman–Crippen MR) is 96.0 cm³/mol. The Morgan fingerprint density at radius 1 is 1.39 bits per heavy atom. The molecule has 1 atom stereocenters. The first-order valence-electron chi connectivity index (χ1n) is 7.48. The maximum atomic E-state index is 11.4. The van der Waals surface area contributed by atoms with Crippen molar-refractivity contribution in [2.75, 3.05) is 33.4 Å². The van der Waals surface area contributed by atoms with Gasteiger partial charge in [0.2, 0.25) is 0 Å². The van der Waals surface area contributed by atoms with Crippen LogP contribution in [0.25, 0.3) is 0 Å². The Hall–Kier alpha value is -1.01. The van der Waals surface area contributed by atoms with Crippen LogP contribution in [0.2, 0.25) is 0 Å². The molecule has 5 nitrogen and oxygen atoms in total. The number of nitrogens with zero attached hydrogens (tertiary/aromatic N) is 1. The first-order chi connectivity index (χ1) is 10.2. The van der Waals surface area contributed by atoms with Crippen LogP contribution >= 0.6 is 24.8 Å². The lowest BCUT2D eigenvalue weighted by Crippen LogP contribution is -2.43. The zero-order valence-corrected chi connectivity index (χ0v) is 15.0. The van der Waals surface area contributed by atoms with Crippen LogP contribution in [0, 0.1) is 0 Å². The Morgan fingerprint density at radius 2 is 2.17 bits per heavy atom. The van der Waals surface area contributed by atoms with Crippen LogP contribution in [0.5, 0.6) is 5.75 Å². The molecule has 2 N–H and O–H groups in total. The van der Waals surface area contributed by atoms with Crippen molar-refractivity contribution in [2.45, 2.75) is 25.3 Å². The van der Waals surface area contributed by atoms with Crippen molar-refractivity contribution in [1.82, 2.24) is 4.90 Å². The van der Waals surface area contributed by atoms with Gasteiger partial charge in [0.25, 0.3) is 0 Å². The molecule has 0 saturated carbocycles. The van der Waals surface area contributed by atoms with Gasteiger partial charge in [-0.25, -0.2) is 4.79 Å². The monoisotopic (exact) mass is 364 g/mol. The molecule has 1 aromatic carbocycles. The fraction of sp³-hybridized carbons (Fsp3) is 0.562. The summed E-state index contributed by atoms with van der Waals surface area (Å²) >= 11 is 0. The van der Waals surface area contributed by atoms with Crippen LogP contribution in [-0.4, -0.2) is 50.3 Å². The number of benzene rings is 1. The summed E-state index contributed by atoms with van der Waals surface area (Å²) in [5.41, 5.74) is 6.47. The van der Waals surface area contributed by atoms with E-state index in [-0.39, 0.29) is 30.8 Å². The largest absolute Gasteiger partial charge is 0.494 e. The molecule has 23 heavy (non-hydrogen) atoms. The average Bonchev–Trinajstić information content (AvgIpc) is 2.51. The summed E-state index contributed by atoms with van der Waals surface area (Å²) in [6, 6.07) is 7.39. The smallest absolute Gasteiger partial charge is 0.337 e. The molecule has 0 aromatic heterocycles. The number of piperidine rings is 1. The SMILES string of the molecule is COC(=O)c1cccc(OCCCN2CCC[C@@H](N)C2)c1.Cl.Cl. The van der Waals surface area contributed by atoms with E-state index in [1.54, 1.807) is 18.2 Å². The zero-order chi connectivity index (χ0) is 15.1. The lowest BCUT2D eigenvalue weighted by Gasteiger charge is -2.30. The fourth-order valence-electron chi connectivity index (χ4n) is 2.60. The number of halogens is 2. The number of carbonyl (C=O) groups is 1. The Kier molecular flexibility index (Phi) is 11.0. The van der Waals surface area contributed by atoms with E-state index in [9.17, 15) is 4.79 Å². The van der Waals surface area contributed by atoms with Gasteiger partial charge in [0.1, 0.15) is 5.75 Å². The molecule has 7 heteroatoms. The van der Waals surface area contributed by atoms with Gasteiger partial charge in [-0.05, 0) is 44.0 Å². The lowest BCUT2D eigenvalue weighted by molar-refractivity contribution is 0.0600. The molecule has 0 amide bonds. The zero-order valence-electron chi connectivity index (χ0n) is 13.4. The van der Waals surface area contributed by atoms with Gasteiger partial charge < -0.3 is 20.1 Å². The summed E-state index contributed by atoms with van der Waals surface area (Å²) in [5, 5.41) is 0. The first-order valence-corrected chi connectivity index (χ1v) is 7.48. The minimum atomic E-state index is -0.345. The van der Waals surface area contributed by atoms with Crippen LogP contribution < -0.4 is 10.5 Å². The third-order valence-corrected chi connectivity index (χ3v) is 3.68. The summed E-state index contributed by atoms with van der Waals surface area (Å²) in [6.45, 7) is 3.75. The number of esters is 1. The molecule has 0 radical (unpaired) electrons. The van der Waals surface area contributed by atoms with E-state index in [2.05, 4.69) is 4.90 Å². The summed E-state index contributed by atoms with van der Waals surface area (Å²) in [7, 11) is 1.37. The molecule has 1 aliphatic rings. The van der Waals surface area contributed by atoms with Gasteiger partial charge in [-0.2, -0.15) is 0 Å². The van der Waals surface area contributed by atoms with E-state index >= 15 is 0 Å². The van der Waals surface area contributed by atoms with Crippen molar-refractivity contribution in [3.63, 3.8) is 0 Å².